The molecule has 0 unspecified atom stereocenters. The van der Waals surface area contributed by atoms with Crippen LogP contribution >= 0.6 is 0 Å². The third-order valence-electron chi connectivity index (χ3n) is 1.29. The molecule has 0 aliphatic heterocycles. The summed E-state index contributed by atoms with van der Waals surface area (Å²) in [6.45, 7) is 1.09. The van der Waals surface area contributed by atoms with Crippen LogP contribution in [0.5, 0.6) is 0 Å². The molecule has 0 heterocycles. The van der Waals surface area contributed by atoms with Gasteiger partial charge in [-0.1, -0.05) is 0 Å². The molecule has 0 fully saturated rings. The largest absolute Gasteiger partial charge is 0.478 e. The lowest BCUT2D eigenvalue weighted by Crippen LogP contribution is -2.31. The number of rotatable bonds is 4. The maximum absolute atomic E-state index is 11.0. The fourth-order valence-electron chi connectivity index (χ4n) is 0.651. The highest BCUT2D eigenvalue weighted by Gasteiger charge is 2.23. The van der Waals surface area contributed by atoms with Gasteiger partial charge in [-0.25, -0.2) is 21.6 Å². The molecule has 9 heteroatoms. The molecule has 0 rings (SSSR count). The molecule has 88 valence electrons. The summed E-state index contributed by atoms with van der Waals surface area (Å²) in [6, 6.07) is 0. The van der Waals surface area contributed by atoms with E-state index >= 15 is 0 Å². The first kappa shape index (κ1) is 13.9. The molecule has 0 aromatic heterocycles. The fraction of sp³-hybridized carbons (Fsp3) is 0.500. The Morgan fingerprint density at radius 1 is 1.13 bits per heavy atom. The van der Waals surface area contributed by atoms with E-state index in [0.29, 0.717) is 18.7 Å². The van der Waals surface area contributed by atoms with E-state index in [2.05, 4.69) is 0 Å². The first-order valence-corrected chi connectivity index (χ1v) is 7.27. The van der Waals surface area contributed by atoms with Crippen molar-refractivity contribution < 1.29 is 26.7 Å². The number of carboxylic acid groups (broad SMARTS) is 1. The lowest BCUT2D eigenvalue weighted by atomic mass is 10.3. The SMILES string of the molecule is C/C(=C\N(S(C)(=O)=O)S(C)(=O)=O)C(=O)O. The number of carboxylic acids is 1. The molecule has 1 N–H and O–H groups in total. The molecular weight excluding hydrogens is 246 g/mol. The van der Waals surface area contributed by atoms with Crippen LogP contribution in [0.15, 0.2) is 11.8 Å². The van der Waals surface area contributed by atoms with E-state index in [0.717, 1.165) is 6.92 Å². The Morgan fingerprint density at radius 3 is 1.67 bits per heavy atom. The Hall–Kier alpha value is -1.09. The molecule has 0 radical (unpaired) electrons. The molecule has 0 aromatic rings. The van der Waals surface area contributed by atoms with Crippen LogP contribution in [0, 0.1) is 0 Å². The fourth-order valence-corrected chi connectivity index (χ4v) is 3.32. The van der Waals surface area contributed by atoms with Gasteiger partial charge in [0.05, 0.1) is 18.1 Å². The molecule has 0 aliphatic carbocycles. The van der Waals surface area contributed by atoms with Gasteiger partial charge in [0.15, 0.2) is 0 Å². The summed E-state index contributed by atoms with van der Waals surface area (Å²) >= 11 is 0. The molecule has 0 amide bonds. The molecule has 0 bridgehead atoms. The summed E-state index contributed by atoms with van der Waals surface area (Å²) in [7, 11) is -8.09. The zero-order chi connectivity index (χ0) is 12.4. The summed E-state index contributed by atoms with van der Waals surface area (Å²) in [5, 5.41) is 8.48. The minimum absolute atomic E-state index is 0.0173. The maximum Gasteiger partial charge on any atom is 0.332 e. The van der Waals surface area contributed by atoms with Crippen molar-refractivity contribution in [1.82, 2.24) is 3.71 Å². The van der Waals surface area contributed by atoms with Gasteiger partial charge >= 0.3 is 5.97 Å². The number of aliphatic carboxylic acids is 1. The van der Waals surface area contributed by atoms with Crippen molar-refractivity contribution in [3.05, 3.63) is 11.8 Å². The molecule has 7 nitrogen and oxygen atoms in total. The van der Waals surface area contributed by atoms with Gasteiger partial charge in [0.1, 0.15) is 0 Å². The van der Waals surface area contributed by atoms with Gasteiger partial charge in [0, 0.05) is 6.20 Å². The summed E-state index contributed by atoms with van der Waals surface area (Å²) in [6.07, 6.45) is 1.88. The summed E-state index contributed by atoms with van der Waals surface area (Å²) < 4.78 is 44.2. The predicted octanol–water partition coefficient (Wildman–Crippen LogP) is -0.804. The molecule has 0 atom stereocenters. The van der Waals surface area contributed by atoms with Crippen LogP contribution in [-0.2, 0) is 24.8 Å². The number of sulfonamides is 2. The predicted molar refractivity (Wildman–Crippen MR) is 52.9 cm³/mol. The Morgan fingerprint density at radius 2 is 1.47 bits per heavy atom. The number of hydrogen-bond donors (Lipinski definition) is 1. The van der Waals surface area contributed by atoms with Crippen LogP contribution in [0.1, 0.15) is 6.92 Å². The van der Waals surface area contributed by atoms with Crippen LogP contribution in [0.2, 0.25) is 0 Å². The molecule has 0 spiro atoms. The molecule has 0 aliphatic rings. The second kappa shape index (κ2) is 4.19. The lowest BCUT2D eigenvalue weighted by molar-refractivity contribution is -0.132. The third-order valence-corrected chi connectivity index (χ3v) is 4.43. The van der Waals surface area contributed by atoms with Crippen molar-refractivity contribution in [2.24, 2.45) is 0 Å². The van der Waals surface area contributed by atoms with Gasteiger partial charge in [-0.2, -0.15) is 3.71 Å². The maximum atomic E-state index is 11.0. The van der Waals surface area contributed by atoms with Gasteiger partial charge in [0.2, 0.25) is 20.0 Å². The highest BCUT2D eigenvalue weighted by Crippen LogP contribution is 2.08. The Balaban J connectivity index is 5.59. The zero-order valence-electron chi connectivity index (χ0n) is 8.33. The van der Waals surface area contributed by atoms with Crippen molar-refractivity contribution in [2.75, 3.05) is 12.5 Å². The first-order chi connectivity index (χ1) is 6.46. The minimum atomic E-state index is -4.05. The second-order valence-electron chi connectivity index (χ2n) is 2.87. The van der Waals surface area contributed by atoms with Crippen molar-refractivity contribution >= 4 is 26.0 Å². The van der Waals surface area contributed by atoms with E-state index in [1.54, 1.807) is 0 Å². The normalized spacial score (nSPS) is 13.7. The van der Waals surface area contributed by atoms with Crippen LogP contribution in [0.4, 0.5) is 0 Å². The van der Waals surface area contributed by atoms with E-state index in [1.807, 2.05) is 0 Å². The topological polar surface area (TPSA) is 109 Å². The monoisotopic (exact) mass is 257 g/mol. The Labute approximate surface area is 88.1 Å². The standard InChI is InChI=1S/C6H11NO6S2/c1-5(6(8)9)4-7(14(2,10)11)15(3,12)13/h4H,1-3H3,(H,8,9)/b5-4+. The Bertz CT molecular complexity index is 454. The summed E-state index contributed by atoms with van der Waals surface area (Å²) in [4.78, 5) is 10.4. The minimum Gasteiger partial charge on any atom is -0.478 e. The smallest absolute Gasteiger partial charge is 0.332 e. The van der Waals surface area contributed by atoms with E-state index in [1.165, 1.54) is 0 Å². The van der Waals surface area contributed by atoms with Crippen LogP contribution in [-0.4, -0.2) is 44.1 Å². The highest BCUT2D eigenvalue weighted by molar-refractivity contribution is 8.03. The quantitative estimate of drug-likeness (QED) is 0.660. The van der Waals surface area contributed by atoms with Crippen molar-refractivity contribution in [3.63, 3.8) is 0 Å². The first-order valence-electron chi connectivity index (χ1n) is 3.57. The number of nitrogens with zero attached hydrogens (tertiary/aromatic N) is 1. The molecule has 0 saturated heterocycles. The van der Waals surface area contributed by atoms with Crippen molar-refractivity contribution in [3.8, 4) is 0 Å². The van der Waals surface area contributed by atoms with E-state index < -0.39 is 31.6 Å². The van der Waals surface area contributed by atoms with E-state index in [4.69, 9.17) is 5.11 Å². The molecule has 15 heavy (non-hydrogen) atoms. The number of carbonyl (C=O) groups is 1. The van der Waals surface area contributed by atoms with Crippen LogP contribution in [0.3, 0.4) is 0 Å². The molecular formula is C6H11NO6S2. The van der Waals surface area contributed by atoms with Crippen LogP contribution in [0.25, 0.3) is 0 Å². The number of hydrogen-bond acceptors (Lipinski definition) is 5. The summed E-state index contributed by atoms with van der Waals surface area (Å²) in [5.74, 6) is -1.40. The zero-order valence-corrected chi connectivity index (χ0v) is 9.96. The third kappa shape index (κ3) is 4.30. The van der Waals surface area contributed by atoms with Gasteiger partial charge in [-0.3, -0.25) is 0 Å². The van der Waals surface area contributed by atoms with E-state index in [9.17, 15) is 21.6 Å². The average molecular weight is 257 g/mol. The average Bonchev–Trinajstić information content (AvgIpc) is 1.94. The summed E-state index contributed by atoms with van der Waals surface area (Å²) in [5.41, 5.74) is -0.397. The van der Waals surface area contributed by atoms with Gasteiger partial charge < -0.3 is 5.11 Å². The van der Waals surface area contributed by atoms with Gasteiger partial charge in [-0.15, -0.1) is 0 Å². The van der Waals surface area contributed by atoms with E-state index in [-0.39, 0.29) is 3.71 Å². The highest BCUT2D eigenvalue weighted by atomic mass is 32.3. The molecule has 0 aromatic carbocycles. The Kier molecular flexibility index (Phi) is 3.88. The van der Waals surface area contributed by atoms with Crippen molar-refractivity contribution in [1.29, 1.82) is 0 Å². The van der Waals surface area contributed by atoms with Gasteiger partial charge in [-0.05, 0) is 6.92 Å². The lowest BCUT2D eigenvalue weighted by Gasteiger charge is -2.15. The van der Waals surface area contributed by atoms with Crippen LogP contribution < -0.4 is 0 Å². The van der Waals surface area contributed by atoms with Crippen molar-refractivity contribution in [2.45, 2.75) is 6.92 Å². The second-order valence-corrected chi connectivity index (χ2v) is 6.82. The molecule has 0 saturated carbocycles. The van der Waals surface area contributed by atoms with Gasteiger partial charge in [0.25, 0.3) is 0 Å².